The van der Waals surface area contributed by atoms with Gasteiger partial charge >= 0.3 is 5.97 Å². The lowest BCUT2D eigenvalue weighted by molar-refractivity contribution is 0.0691. The number of carboxylic acids is 1. The normalized spacial score (nSPS) is 9.75. The minimum Gasteiger partial charge on any atom is -0.477 e. The molecule has 0 amide bonds. The predicted molar refractivity (Wildman–Crippen MR) is 42.4 cm³/mol. The molecule has 1 heterocycles. The van der Waals surface area contributed by atoms with E-state index in [-0.39, 0.29) is 11.5 Å². The van der Waals surface area contributed by atoms with Crippen molar-refractivity contribution in [2.75, 3.05) is 0 Å². The summed E-state index contributed by atoms with van der Waals surface area (Å²) in [6, 6.07) is 2.86. The smallest absolute Gasteiger partial charge is 0.352 e. The van der Waals surface area contributed by atoms with Gasteiger partial charge in [0, 0.05) is 6.42 Å². The summed E-state index contributed by atoms with van der Waals surface area (Å²) < 4.78 is 0. The van der Waals surface area contributed by atoms with Crippen molar-refractivity contribution >= 4 is 11.8 Å². The van der Waals surface area contributed by atoms with Crippen molar-refractivity contribution < 1.29 is 14.7 Å². The SMILES string of the molecule is CCC(=O)c1ccc(C(=O)O)[nH]1. The summed E-state index contributed by atoms with van der Waals surface area (Å²) in [5.41, 5.74) is 0.404. The first kappa shape index (κ1) is 8.52. The number of carbonyl (C=O) groups excluding carboxylic acids is 1. The zero-order chi connectivity index (χ0) is 9.14. The zero-order valence-electron chi connectivity index (χ0n) is 6.63. The van der Waals surface area contributed by atoms with E-state index in [1.807, 2.05) is 0 Å². The van der Waals surface area contributed by atoms with E-state index in [0.717, 1.165) is 0 Å². The summed E-state index contributed by atoms with van der Waals surface area (Å²) in [7, 11) is 0. The number of rotatable bonds is 3. The van der Waals surface area contributed by atoms with Crippen LogP contribution >= 0.6 is 0 Å². The van der Waals surface area contributed by atoms with E-state index in [0.29, 0.717) is 12.1 Å². The van der Waals surface area contributed by atoms with Crippen LogP contribution in [0.25, 0.3) is 0 Å². The van der Waals surface area contributed by atoms with Gasteiger partial charge in [-0.1, -0.05) is 6.92 Å². The molecule has 0 radical (unpaired) electrons. The molecular weight excluding hydrogens is 158 g/mol. The van der Waals surface area contributed by atoms with Crippen LogP contribution in [0, 0.1) is 0 Å². The lowest BCUT2D eigenvalue weighted by atomic mass is 10.2. The number of hydrogen-bond acceptors (Lipinski definition) is 2. The Labute approximate surface area is 69.2 Å². The third-order valence-corrected chi connectivity index (χ3v) is 1.54. The number of H-pyrrole nitrogens is 1. The number of nitrogens with one attached hydrogen (secondary N) is 1. The molecular formula is C8H9NO3. The molecule has 12 heavy (non-hydrogen) atoms. The maximum Gasteiger partial charge on any atom is 0.352 e. The second-order valence-electron chi connectivity index (χ2n) is 2.37. The molecule has 4 heteroatoms. The van der Waals surface area contributed by atoms with Gasteiger partial charge in [0.05, 0.1) is 5.69 Å². The number of aromatic carboxylic acids is 1. The number of Topliss-reactive ketones (excluding diaryl/α,β-unsaturated/α-hetero) is 1. The van der Waals surface area contributed by atoms with E-state index in [1.165, 1.54) is 12.1 Å². The van der Waals surface area contributed by atoms with E-state index >= 15 is 0 Å². The first-order valence-electron chi connectivity index (χ1n) is 3.60. The Morgan fingerprint density at radius 3 is 2.42 bits per heavy atom. The molecule has 0 saturated heterocycles. The first-order valence-corrected chi connectivity index (χ1v) is 3.60. The second-order valence-corrected chi connectivity index (χ2v) is 2.37. The van der Waals surface area contributed by atoms with Crippen LogP contribution in [0.2, 0.25) is 0 Å². The Bertz CT molecular complexity index is 314. The van der Waals surface area contributed by atoms with E-state index < -0.39 is 5.97 Å². The maximum absolute atomic E-state index is 11.0. The molecule has 0 saturated carbocycles. The van der Waals surface area contributed by atoms with Gasteiger partial charge in [-0.2, -0.15) is 0 Å². The molecule has 0 aliphatic heterocycles. The standard InChI is InChI=1S/C8H9NO3/c1-2-7(10)5-3-4-6(9-5)8(11)12/h3-4,9H,2H2,1H3,(H,11,12). The van der Waals surface area contributed by atoms with Crippen molar-refractivity contribution in [1.82, 2.24) is 4.98 Å². The van der Waals surface area contributed by atoms with Crippen LogP contribution in [0.1, 0.15) is 34.3 Å². The minimum atomic E-state index is -1.05. The number of carboxylic acid groups (broad SMARTS) is 1. The van der Waals surface area contributed by atoms with Crippen molar-refractivity contribution in [2.45, 2.75) is 13.3 Å². The van der Waals surface area contributed by atoms with Gasteiger partial charge in [0.25, 0.3) is 0 Å². The van der Waals surface area contributed by atoms with Gasteiger partial charge in [0.1, 0.15) is 5.69 Å². The van der Waals surface area contributed by atoms with E-state index in [2.05, 4.69) is 4.98 Å². The third-order valence-electron chi connectivity index (χ3n) is 1.54. The van der Waals surface area contributed by atoms with E-state index in [9.17, 15) is 9.59 Å². The molecule has 0 aromatic carbocycles. The second kappa shape index (κ2) is 3.21. The molecule has 1 rings (SSSR count). The topological polar surface area (TPSA) is 70.2 Å². The summed E-state index contributed by atoms with van der Waals surface area (Å²) in [6.07, 6.45) is 0.375. The number of carbonyl (C=O) groups is 2. The van der Waals surface area contributed by atoms with Crippen LogP contribution in [-0.2, 0) is 0 Å². The predicted octanol–water partition coefficient (Wildman–Crippen LogP) is 1.31. The molecule has 0 aliphatic carbocycles. The van der Waals surface area contributed by atoms with Crippen LogP contribution in [0.4, 0.5) is 0 Å². The number of hydrogen-bond donors (Lipinski definition) is 2. The van der Waals surface area contributed by atoms with Crippen molar-refractivity contribution in [3.63, 3.8) is 0 Å². The van der Waals surface area contributed by atoms with Crippen molar-refractivity contribution in [3.05, 3.63) is 23.5 Å². The fourth-order valence-electron chi connectivity index (χ4n) is 0.873. The molecule has 64 valence electrons. The van der Waals surface area contributed by atoms with Gasteiger partial charge in [0.2, 0.25) is 0 Å². The Balaban J connectivity index is 2.91. The highest BCUT2D eigenvalue weighted by Crippen LogP contribution is 2.04. The van der Waals surface area contributed by atoms with Crippen LogP contribution in [-0.4, -0.2) is 21.8 Å². The average molecular weight is 167 g/mol. The summed E-state index contributed by atoms with van der Waals surface area (Å²) in [5.74, 6) is -1.13. The maximum atomic E-state index is 11.0. The third kappa shape index (κ3) is 1.53. The molecule has 1 aromatic heterocycles. The molecule has 0 bridgehead atoms. The summed E-state index contributed by atoms with van der Waals surface area (Å²) in [5, 5.41) is 8.51. The monoisotopic (exact) mass is 167 g/mol. The van der Waals surface area contributed by atoms with Crippen LogP contribution < -0.4 is 0 Å². The molecule has 0 aliphatic rings. The summed E-state index contributed by atoms with van der Waals surface area (Å²) in [4.78, 5) is 23.9. The van der Waals surface area contributed by atoms with E-state index in [4.69, 9.17) is 5.11 Å². The van der Waals surface area contributed by atoms with Gasteiger partial charge < -0.3 is 10.1 Å². The Kier molecular flexibility index (Phi) is 2.28. The number of aromatic nitrogens is 1. The Hall–Kier alpha value is -1.58. The van der Waals surface area contributed by atoms with Gasteiger partial charge in [-0.25, -0.2) is 4.79 Å². The van der Waals surface area contributed by atoms with Gasteiger partial charge in [-0.05, 0) is 12.1 Å². The molecule has 4 nitrogen and oxygen atoms in total. The van der Waals surface area contributed by atoms with Crippen LogP contribution in [0.3, 0.4) is 0 Å². The zero-order valence-corrected chi connectivity index (χ0v) is 6.63. The molecule has 0 fully saturated rings. The highest BCUT2D eigenvalue weighted by Gasteiger charge is 2.09. The van der Waals surface area contributed by atoms with Gasteiger partial charge in [-0.15, -0.1) is 0 Å². The van der Waals surface area contributed by atoms with Crippen LogP contribution in [0.15, 0.2) is 12.1 Å². The number of ketones is 1. The average Bonchev–Trinajstić information content (AvgIpc) is 2.51. The van der Waals surface area contributed by atoms with Crippen molar-refractivity contribution in [3.8, 4) is 0 Å². The lowest BCUT2D eigenvalue weighted by Crippen LogP contribution is -2.00. The molecule has 1 aromatic rings. The quantitative estimate of drug-likeness (QED) is 0.666. The highest BCUT2D eigenvalue weighted by atomic mass is 16.4. The molecule has 0 spiro atoms. The largest absolute Gasteiger partial charge is 0.477 e. The number of aromatic amines is 1. The summed E-state index contributed by atoms with van der Waals surface area (Å²) >= 11 is 0. The Morgan fingerprint density at radius 2 is 2.00 bits per heavy atom. The molecule has 0 unspecified atom stereocenters. The van der Waals surface area contributed by atoms with Crippen molar-refractivity contribution in [1.29, 1.82) is 0 Å². The summed E-state index contributed by atoms with van der Waals surface area (Å²) in [6.45, 7) is 1.73. The van der Waals surface area contributed by atoms with E-state index in [1.54, 1.807) is 6.92 Å². The molecule has 0 atom stereocenters. The lowest BCUT2D eigenvalue weighted by Gasteiger charge is -1.90. The van der Waals surface area contributed by atoms with Crippen molar-refractivity contribution in [2.24, 2.45) is 0 Å². The minimum absolute atomic E-state index is 0.0480. The fourth-order valence-corrected chi connectivity index (χ4v) is 0.873. The fraction of sp³-hybridized carbons (Fsp3) is 0.250. The highest BCUT2D eigenvalue weighted by molar-refractivity contribution is 5.96. The van der Waals surface area contributed by atoms with Gasteiger partial charge in [0.15, 0.2) is 5.78 Å². The first-order chi connectivity index (χ1) is 5.65. The van der Waals surface area contributed by atoms with Crippen LogP contribution in [0.5, 0.6) is 0 Å². The molecule has 2 N–H and O–H groups in total. The van der Waals surface area contributed by atoms with Gasteiger partial charge in [-0.3, -0.25) is 4.79 Å². The Morgan fingerprint density at radius 1 is 1.42 bits per heavy atom.